The van der Waals surface area contributed by atoms with Gasteiger partial charge in [0.15, 0.2) is 0 Å². The molecule has 0 bridgehead atoms. The van der Waals surface area contributed by atoms with Crippen molar-refractivity contribution < 1.29 is 4.74 Å². The van der Waals surface area contributed by atoms with Crippen molar-refractivity contribution in [1.82, 2.24) is 10.2 Å². The lowest BCUT2D eigenvalue weighted by atomic mass is 9.90. The molecule has 1 aromatic carbocycles. The van der Waals surface area contributed by atoms with Gasteiger partial charge in [-0.2, -0.15) is 0 Å². The van der Waals surface area contributed by atoms with Gasteiger partial charge in [-0.15, -0.1) is 0 Å². The van der Waals surface area contributed by atoms with Crippen LogP contribution in [0, 0.1) is 5.92 Å². The molecule has 2 saturated heterocycles. The highest BCUT2D eigenvalue weighted by Gasteiger charge is 2.28. The maximum absolute atomic E-state index is 5.47. The van der Waals surface area contributed by atoms with Crippen LogP contribution in [0.4, 0.5) is 0 Å². The Morgan fingerprint density at radius 1 is 1.16 bits per heavy atom. The van der Waals surface area contributed by atoms with E-state index >= 15 is 0 Å². The summed E-state index contributed by atoms with van der Waals surface area (Å²) in [5.41, 5.74) is 1.43. The van der Waals surface area contributed by atoms with Gasteiger partial charge >= 0.3 is 0 Å². The molecule has 1 N–H and O–H groups in total. The van der Waals surface area contributed by atoms with Crippen LogP contribution in [-0.4, -0.2) is 43.8 Å². The quantitative estimate of drug-likeness (QED) is 0.898. The molecule has 0 spiro atoms. The van der Waals surface area contributed by atoms with Crippen LogP contribution in [0.2, 0.25) is 0 Å². The van der Waals surface area contributed by atoms with Gasteiger partial charge in [0.25, 0.3) is 0 Å². The van der Waals surface area contributed by atoms with Crippen LogP contribution in [0.25, 0.3) is 0 Å². The molecule has 3 nitrogen and oxygen atoms in total. The fourth-order valence-electron chi connectivity index (χ4n) is 3.26. The number of hydrogen-bond donors (Lipinski definition) is 1. The zero-order valence-corrected chi connectivity index (χ0v) is 11.6. The topological polar surface area (TPSA) is 24.5 Å². The van der Waals surface area contributed by atoms with E-state index in [2.05, 4.69) is 40.5 Å². The van der Waals surface area contributed by atoms with Gasteiger partial charge in [-0.25, -0.2) is 0 Å². The second-order valence-corrected chi connectivity index (χ2v) is 5.73. The summed E-state index contributed by atoms with van der Waals surface area (Å²) in [5, 5.41) is 3.71. The van der Waals surface area contributed by atoms with E-state index in [1.807, 2.05) is 0 Å². The van der Waals surface area contributed by atoms with Crippen molar-refractivity contribution in [2.75, 3.05) is 32.8 Å². The third-order valence-electron chi connectivity index (χ3n) is 4.37. The molecule has 2 aliphatic heterocycles. The van der Waals surface area contributed by atoms with Gasteiger partial charge < -0.3 is 10.1 Å². The Hall–Kier alpha value is -0.900. The van der Waals surface area contributed by atoms with E-state index in [9.17, 15) is 0 Å². The van der Waals surface area contributed by atoms with Crippen molar-refractivity contribution >= 4 is 0 Å². The zero-order chi connectivity index (χ0) is 12.9. The highest BCUT2D eigenvalue weighted by Crippen LogP contribution is 2.21. The van der Waals surface area contributed by atoms with Crippen LogP contribution >= 0.6 is 0 Å². The SMILES string of the molecule is c1ccc(CN2CCNC(C3CCOCC3)C2)cc1. The van der Waals surface area contributed by atoms with Crippen LogP contribution in [0.1, 0.15) is 18.4 Å². The number of rotatable bonds is 3. The first-order chi connectivity index (χ1) is 9.42. The molecule has 1 aromatic rings. The Labute approximate surface area is 115 Å². The molecule has 0 amide bonds. The highest BCUT2D eigenvalue weighted by molar-refractivity contribution is 5.14. The molecular weight excluding hydrogens is 236 g/mol. The average Bonchev–Trinajstić information content (AvgIpc) is 2.49. The number of piperazine rings is 1. The van der Waals surface area contributed by atoms with E-state index in [1.54, 1.807) is 0 Å². The summed E-state index contributed by atoms with van der Waals surface area (Å²) in [5.74, 6) is 0.798. The van der Waals surface area contributed by atoms with Gasteiger partial charge in [0, 0.05) is 45.4 Å². The lowest BCUT2D eigenvalue weighted by molar-refractivity contribution is 0.0399. The van der Waals surface area contributed by atoms with Gasteiger partial charge in [0.1, 0.15) is 0 Å². The van der Waals surface area contributed by atoms with E-state index < -0.39 is 0 Å². The Kier molecular flexibility index (Phi) is 4.49. The second kappa shape index (κ2) is 6.51. The largest absolute Gasteiger partial charge is 0.381 e. The highest BCUT2D eigenvalue weighted by atomic mass is 16.5. The molecular formula is C16H24N2O. The van der Waals surface area contributed by atoms with Crippen LogP contribution in [0.15, 0.2) is 30.3 Å². The van der Waals surface area contributed by atoms with Crippen LogP contribution in [-0.2, 0) is 11.3 Å². The molecule has 1 unspecified atom stereocenters. The summed E-state index contributed by atoms with van der Waals surface area (Å²) >= 11 is 0. The van der Waals surface area contributed by atoms with Crippen molar-refractivity contribution in [3.05, 3.63) is 35.9 Å². The molecule has 0 saturated carbocycles. The van der Waals surface area contributed by atoms with Crippen LogP contribution in [0.3, 0.4) is 0 Å². The molecule has 1 atom stereocenters. The molecule has 2 heterocycles. The lowest BCUT2D eigenvalue weighted by Crippen LogP contribution is -2.54. The summed E-state index contributed by atoms with van der Waals surface area (Å²) in [6, 6.07) is 11.5. The van der Waals surface area contributed by atoms with Gasteiger partial charge in [0.2, 0.25) is 0 Å². The van der Waals surface area contributed by atoms with Crippen molar-refractivity contribution in [3.8, 4) is 0 Å². The van der Waals surface area contributed by atoms with Crippen molar-refractivity contribution in [2.45, 2.75) is 25.4 Å². The van der Waals surface area contributed by atoms with Crippen molar-refractivity contribution in [2.24, 2.45) is 5.92 Å². The Morgan fingerprint density at radius 3 is 2.74 bits per heavy atom. The Bertz CT molecular complexity index is 376. The summed E-state index contributed by atoms with van der Waals surface area (Å²) in [6.07, 6.45) is 2.44. The van der Waals surface area contributed by atoms with E-state index in [0.717, 1.165) is 38.8 Å². The monoisotopic (exact) mass is 260 g/mol. The average molecular weight is 260 g/mol. The minimum absolute atomic E-state index is 0.654. The molecule has 3 heteroatoms. The number of nitrogens with zero attached hydrogens (tertiary/aromatic N) is 1. The lowest BCUT2D eigenvalue weighted by Gasteiger charge is -2.39. The first kappa shape index (κ1) is 13.1. The normalized spacial score (nSPS) is 26.4. The maximum atomic E-state index is 5.47. The number of hydrogen-bond acceptors (Lipinski definition) is 3. The molecule has 3 rings (SSSR count). The van der Waals surface area contributed by atoms with Gasteiger partial charge in [-0.1, -0.05) is 30.3 Å². The molecule has 19 heavy (non-hydrogen) atoms. The molecule has 0 aliphatic carbocycles. The standard InChI is InChI=1S/C16H24N2O/c1-2-4-14(5-3-1)12-18-9-8-17-16(13-18)15-6-10-19-11-7-15/h1-5,15-17H,6-13H2. The van der Waals surface area contributed by atoms with Crippen molar-refractivity contribution in [3.63, 3.8) is 0 Å². The maximum Gasteiger partial charge on any atom is 0.0469 e. The van der Waals surface area contributed by atoms with Crippen LogP contribution in [0.5, 0.6) is 0 Å². The minimum Gasteiger partial charge on any atom is -0.381 e. The summed E-state index contributed by atoms with van der Waals surface area (Å²) < 4.78 is 5.47. The third kappa shape index (κ3) is 3.56. The van der Waals surface area contributed by atoms with Gasteiger partial charge in [-0.05, 0) is 24.3 Å². The summed E-state index contributed by atoms with van der Waals surface area (Å²) in [6.45, 7) is 6.44. The first-order valence-corrected chi connectivity index (χ1v) is 7.49. The summed E-state index contributed by atoms with van der Waals surface area (Å²) in [4.78, 5) is 2.59. The number of nitrogens with one attached hydrogen (secondary N) is 1. The van der Waals surface area contributed by atoms with Crippen molar-refractivity contribution in [1.29, 1.82) is 0 Å². The van der Waals surface area contributed by atoms with Gasteiger partial charge in [0.05, 0.1) is 0 Å². The third-order valence-corrected chi connectivity index (χ3v) is 4.37. The Balaban J connectivity index is 1.55. The first-order valence-electron chi connectivity index (χ1n) is 7.49. The molecule has 2 aliphatic rings. The molecule has 0 aromatic heterocycles. The van der Waals surface area contributed by atoms with E-state index in [0.29, 0.717) is 6.04 Å². The van der Waals surface area contributed by atoms with Crippen LogP contribution < -0.4 is 5.32 Å². The summed E-state index contributed by atoms with van der Waals surface area (Å²) in [7, 11) is 0. The molecule has 104 valence electrons. The van der Waals surface area contributed by atoms with E-state index in [-0.39, 0.29) is 0 Å². The van der Waals surface area contributed by atoms with E-state index in [4.69, 9.17) is 4.74 Å². The zero-order valence-electron chi connectivity index (χ0n) is 11.6. The second-order valence-electron chi connectivity index (χ2n) is 5.73. The fraction of sp³-hybridized carbons (Fsp3) is 0.625. The smallest absolute Gasteiger partial charge is 0.0469 e. The molecule has 2 fully saturated rings. The molecule has 0 radical (unpaired) electrons. The number of ether oxygens (including phenoxy) is 1. The fourth-order valence-corrected chi connectivity index (χ4v) is 3.26. The van der Waals surface area contributed by atoms with Gasteiger partial charge in [-0.3, -0.25) is 4.90 Å². The number of benzene rings is 1. The predicted molar refractivity (Wildman–Crippen MR) is 77.1 cm³/mol. The van der Waals surface area contributed by atoms with E-state index in [1.165, 1.54) is 24.9 Å². The minimum atomic E-state index is 0.654. The predicted octanol–water partition coefficient (Wildman–Crippen LogP) is 1.89. The Morgan fingerprint density at radius 2 is 1.95 bits per heavy atom.